The molecule has 0 aliphatic carbocycles. The van der Waals surface area contributed by atoms with Gasteiger partial charge in [0.05, 0.1) is 6.61 Å². The third kappa shape index (κ3) is 7.14. The largest absolute Gasteiger partial charge is 0.494 e. The van der Waals surface area contributed by atoms with E-state index in [0.717, 1.165) is 31.4 Å². The first-order valence-corrected chi connectivity index (χ1v) is 7.47. The fourth-order valence-electron chi connectivity index (χ4n) is 1.96. The van der Waals surface area contributed by atoms with E-state index < -0.39 is 0 Å². The van der Waals surface area contributed by atoms with Crippen LogP contribution in [-0.4, -0.2) is 12.5 Å². The number of nitrogens with one attached hydrogen (secondary N) is 1. The lowest BCUT2D eigenvalue weighted by Crippen LogP contribution is -2.29. The molecule has 0 atom stereocenters. The number of unbranched alkanes of at least 4 members (excludes halogenated alkanes) is 3. The lowest BCUT2D eigenvalue weighted by Gasteiger charge is -2.07. The molecule has 0 aromatic heterocycles. The third-order valence-electron chi connectivity index (χ3n) is 3.22. The summed E-state index contributed by atoms with van der Waals surface area (Å²) in [7, 11) is 0. The van der Waals surface area contributed by atoms with Gasteiger partial charge in [-0.2, -0.15) is 0 Å². The molecule has 0 aliphatic rings. The minimum atomic E-state index is -0.103. The molecular weight excluding hydrogens is 252 g/mol. The molecule has 20 heavy (non-hydrogen) atoms. The van der Waals surface area contributed by atoms with E-state index >= 15 is 0 Å². The number of amides is 1. The van der Waals surface area contributed by atoms with Crippen molar-refractivity contribution in [2.24, 2.45) is 5.84 Å². The van der Waals surface area contributed by atoms with Gasteiger partial charge in [-0.05, 0) is 49.8 Å². The van der Waals surface area contributed by atoms with E-state index in [4.69, 9.17) is 10.6 Å². The van der Waals surface area contributed by atoms with Crippen LogP contribution >= 0.6 is 0 Å². The summed E-state index contributed by atoms with van der Waals surface area (Å²) in [6, 6.07) is 8.34. The number of hydrogen-bond acceptors (Lipinski definition) is 3. The number of benzene rings is 1. The summed E-state index contributed by atoms with van der Waals surface area (Å²) >= 11 is 0. The van der Waals surface area contributed by atoms with E-state index in [1.54, 1.807) is 0 Å². The number of carbonyl (C=O) groups is 1. The molecule has 0 aliphatic heterocycles. The molecule has 0 saturated carbocycles. The second-order valence-electron chi connectivity index (χ2n) is 4.97. The highest BCUT2D eigenvalue weighted by Crippen LogP contribution is 2.14. The van der Waals surface area contributed by atoms with Crippen LogP contribution in [-0.2, 0) is 11.2 Å². The van der Waals surface area contributed by atoms with Crippen molar-refractivity contribution in [2.75, 3.05) is 6.61 Å². The molecule has 0 bridgehead atoms. The third-order valence-corrected chi connectivity index (χ3v) is 3.22. The van der Waals surface area contributed by atoms with Gasteiger partial charge in [0.15, 0.2) is 0 Å². The summed E-state index contributed by atoms with van der Waals surface area (Å²) in [4.78, 5) is 10.9. The average molecular weight is 278 g/mol. The van der Waals surface area contributed by atoms with E-state index in [1.807, 2.05) is 12.1 Å². The molecule has 0 spiro atoms. The number of nitrogens with two attached hydrogens (primary N) is 1. The van der Waals surface area contributed by atoms with E-state index in [9.17, 15) is 4.79 Å². The molecule has 4 heteroatoms. The summed E-state index contributed by atoms with van der Waals surface area (Å²) in [6.45, 7) is 2.90. The van der Waals surface area contributed by atoms with Crippen molar-refractivity contribution in [3.8, 4) is 5.75 Å². The first-order chi connectivity index (χ1) is 9.76. The Morgan fingerprint density at radius 2 is 1.90 bits per heavy atom. The van der Waals surface area contributed by atoms with E-state index in [1.165, 1.54) is 18.4 Å². The first kappa shape index (κ1) is 16.5. The Hall–Kier alpha value is -1.55. The normalized spacial score (nSPS) is 10.3. The SMILES string of the molecule is CCCCc1ccc(OCCCCCC(=O)NN)cc1. The monoisotopic (exact) mass is 278 g/mol. The van der Waals surface area contributed by atoms with Gasteiger partial charge in [-0.3, -0.25) is 10.2 Å². The number of ether oxygens (including phenoxy) is 1. The fourth-order valence-corrected chi connectivity index (χ4v) is 1.96. The lowest BCUT2D eigenvalue weighted by molar-refractivity contribution is -0.121. The van der Waals surface area contributed by atoms with Gasteiger partial charge >= 0.3 is 0 Å². The van der Waals surface area contributed by atoms with Crippen LogP contribution in [0.15, 0.2) is 24.3 Å². The van der Waals surface area contributed by atoms with Crippen molar-refractivity contribution >= 4 is 5.91 Å². The Balaban J connectivity index is 2.11. The minimum absolute atomic E-state index is 0.103. The molecule has 0 saturated heterocycles. The molecule has 1 aromatic rings. The van der Waals surface area contributed by atoms with Gasteiger partial charge in [0.2, 0.25) is 5.91 Å². The number of hydrazine groups is 1. The first-order valence-electron chi connectivity index (χ1n) is 7.47. The highest BCUT2D eigenvalue weighted by Gasteiger charge is 1.99. The Kier molecular flexibility index (Phi) is 8.47. The van der Waals surface area contributed by atoms with Gasteiger partial charge in [-0.15, -0.1) is 0 Å². The number of aryl methyl sites for hydroxylation is 1. The molecule has 112 valence electrons. The Bertz CT molecular complexity index is 377. The zero-order valence-electron chi connectivity index (χ0n) is 12.4. The molecule has 0 heterocycles. The van der Waals surface area contributed by atoms with Crippen molar-refractivity contribution in [1.29, 1.82) is 0 Å². The summed E-state index contributed by atoms with van der Waals surface area (Å²) in [5.74, 6) is 5.83. The van der Waals surface area contributed by atoms with Crippen LogP contribution in [0.5, 0.6) is 5.75 Å². The molecule has 0 radical (unpaired) electrons. The molecule has 1 aromatic carbocycles. The van der Waals surface area contributed by atoms with Gasteiger partial charge in [0.1, 0.15) is 5.75 Å². The van der Waals surface area contributed by atoms with E-state index in [-0.39, 0.29) is 5.91 Å². The standard InChI is InChI=1S/C16H26N2O2/c1-2-3-7-14-9-11-15(12-10-14)20-13-6-4-5-8-16(19)18-17/h9-12H,2-8,13,17H2,1H3,(H,18,19). The van der Waals surface area contributed by atoms with Crippen LogP contribution in [0.1, 0.15) is 51.0 Å². The average Bonchev–Trinajstić information content (AvgIpc) is 2.49. The molecule has 1 rings (SSSR count). The van der Waals surface area contributed by atoms with Gasteiger partial charge < -0.3 is 4.74 Å². The zero-order chi connectivity index (χ0) is 14.6. The molecule has 0 fully saturated rings. The van der Waals surface area contributed by atoms with Crippen LogP contribution in [0, 0.1) is 0 Å². The van der Waals surface area contributed by atoms with Crippen molar-refractivity contribution in [1.82, 2.24) is 5.43 Å². The van der Waals surface area contributed by atoms with Crippen molar-refractivity contribution in [3.63, 3.8) is 0 Å². The van der Waals surface area contributed by atoms with Crippen LogP contribution in [0.4, 0.5) is 0 Å². The van der Waals surface area contributed by atoms with E-state index in [2.05, 4.69) is 24.5 Å². The van der Waals surface area contributed by atoms with Crippen molar-refractivity contribution in [3.05, 3.63) is 29.8 Å². The summed E-state index contributed by atoms with van der Waals surface area (Å²) in [5, 5.41) is 0. The summed E-state index contributed by atoms with van der Waals surface area (Å²) in [5.41, 5.74) is 3.50. The summed E-state index contributed by atoms with van der Waals surface area (Å²) in [6.07, 6.45) is 6.86. The second kappa shape index (κ2) is 10.3. The zero-order valence-corrected chi connectivity index (χ0v) is 12.4. The predicted octanol–water partition coefficient (Wildman–Crippen LogP) is 2.96. The highest BCUT2D eigenvalue weighted by atomic mass is 16.5. The predicted molar refractivity (Wildman–Crippen MR) is 81.3 cm³/mol. The molecule has 1 amide bonds. The van der Waals surface area contributed by atoms with Crippen LogP contribution in [0.25, 0.3) is 0 Å². The second-order valence-corrected chi connectivity index (χ2v) is 4.97. The maximum atomic E-state index is 10.9. The maximum absolute atomic E-state index is 10.9. The highest BCUT2D eigenvalue weighted by molar-refractivity contribution is 5.74. The van der Waals surface area contributed by atoms with Crippen LogP contribution in [0.2, 0.25) is 0 Å². The van der Waals surface area contributed by atoms with Crippen molar-refractivity contribution in [2.45, 2.75) is 51.9 Å². The Labute approximate surface area is 121 Å². The fraction of sp³-hybridized carbons (Fsp3) is 0.562. The maximum Gasteiger partial charge on any atom is 0.233 e. The topological polar surface area (TPSA) is 64.3 Å². The van der Waals surface area contributed by atoms with Crippen LogP contribution < -0.4 is 16.0 Å². The van der Waals surface area contributed by atoms with Gasteiger partial charge in [0, 0.05) is 6.42 Å². The molecule has 4 nitrogen and oxygen atoms in total. The molecule has 0 unspecified atom stereocenters. The van der Waals surface area contributed by atoms with Gasteiger partial charge in [-0.25, -0.2) is 5.84 Å². The Morgan fingerprint density at radius 1 is 1.15 bits per heavy atom. The van der Waals surface area contributed by atoms with Gasteiger partial charge in [0.25, 0.3) is 0 Å². The van der Waals surface area contributed by atoms with Crippen LogP contribution in [0.3, 0.4) is 0 Å². The van der Waals surface area contributed by atoms with E-state index in [0.29, 0.717) is 13.0 Å². The van der Waals surface area contributed by atoms with Crippen molar-refractivity contribution < 1.29 is 9.53 Å². The quantitative estimate of drug-likeness (QED) is 0.299. The number of carbonyl (C=O) groups excluding carboxylic acids is 1. The smallest absolute Gasteiger partial charge is 0.233 e. The lowest BCUT2D eigenvalue weighted by atomic mass is 10.1. The number of hydrogen-bond donors (Lipinski definition) is 2. The molecular formula is C16H26N2O2. The number of rotatable bonds is 10. The molecule has 3 N–H and O–H groups in total. The Morgan fingerprint density at radius 3 is 2.55 bits per heavy atom. The minimum Gasteiger partial charge on any atom is -0.494 e. The summed E-state index contributed by atoms with van der Waals surface area (Å²) < 4.78 is 5.67. The van der Waals surface area contributed by atoms with Gasteiger partial charge in [-0.1, -0.05) is 25.5 Å².